The Morgan fingerprint density at radius 1 is 1.64 bits per heavy atom. The zero-order valence-electron chi connectivity index (χ0n) is 7.70. The molecule has 2 heterocycles. The summed E-state index contributed by atoms with van der Waals surface area (Å²) in [5.41, 5.74) is 6.11. The number of nitrogens with one attached hydrogen (secondary N) is 1. The molecule has 0 aliphatic carbocycles. The summed E-state index contributed by atoms with van der Waals surface area (Å²) in [6, 6.07) is 4.06. The number of hydrogen-bond donors (Lipinski definition) is 2. The minimum atomic E-state index is -0.0147. The summed E-state index contributed by atoms with van der Waals surface area (Å²) in [5, 5.41) is 3.28. The summed E-state index contributed by atoms with van der Waals surface area (Å²) in [6.07, 6.45) is 0.106. The van der Waals surface area contributed by atoms with E-state index in [9.17, 15) is 0 Å². The van der Waals surface area contributed by atoms with E-state index in [1.54, 1.807) is 11.3 Å². The SMILES string of the molecule is NC(c1ccc(Br)s1)C1CNCCO1. The second kappa shape index (κ2) is 4.72. The highest BCUT2D eigenvalue weighted by molar-refractivity contribution is 9.11. The summed E-state index contributed by atoms with van der Waals surface area (Å²) >= 11 is 5.10. The van der Waals surface area contributed by atoms with Crippen molar-refractivity contribution in [2.75, 3.05) is 19.7 Å². The van der Waals surface area contributed by atoms with E-state index < -0.39 is 0 Å². The predicted molar refractivity (Wildman–Crippen MR) is 61.6 cm³/mol. The molecule has 3 nitrogen and oxygen atoms in total. The Morgan fingerprint density at radius 3 is 3.07 bits per heavy atom. The van der Waals surface area contributed by atoms with Gasteiger partial charge in [0.15, 0.2) is 0 Å². The monoisotopic (exact) mass is 276 g/mol. The van der Waals surface area contributed by atoms with Crippen molar-refractivity contribution in [3.8, 4) is 0 Å². The standard InChI is InChI=1S/C9H13BrN2OS/c10-8-2-1-7(14-8)9(11)6-5-12-3-4-13-6/h1-2,6,9,12H,3-5,11H2. The number of hydrogen-bond acceptors (Lipinski definition) is 4. The summed E-state index contributed by atoms with van der Waals surface area (Å²) in [7, 11) is 0. The van der Waals surface area contributed by atoms with Crippen molar-refractivity contribution in [2.45, 2.75) is 12.1 Å². The van der Waals surface area contributed by atoms with Crippen molar-refractivity contribution < 1.29 is 4.74 Å². The number of halogens is 1. The number of thiophene rings is 1. The van der Waals surface area contributed by atoms with E-state index in [-0.39, 0.29) is 12.1 Å². The number of rotatable bonds is 2. The van der Waals surface area contributed by atoms with E-state index in [0.717, 1.165) is 23.5 Å². The third-order valence-corrected chi connectivity index (χ3v) is 4.00. The highest BCUT2D eigenvalue weighted by Crippen LogP contribution is 2.28. The first kappa shape index (κ1) is 10.6. The van der Waals surface area contributed by atoms with Gasteiger partial charge in [0.05, 0.1) is 22.5 Å². The van der Waals surface area contributed by atoms with Gasteiger partial charge in [-0.3, -0.25) is 0 Å². The quantitative estimate of drug-likeness (QED) is 0.861. The molecule has 2 atom stereocenters. The molecule has 1 saturated heterocycles. The number of ether oxygens (including phenoxy) is 1. The van der Waals surface area contributed by atoms with Crippen molar-refractivity contribution in [3.05, 3.63) is 20.8 Å². The van der Waals surface area contributed by atoms with Crippen LogP contribution in [0, 0.1) is 0 Å². The van der Waals surface area contributed by atoms with Crippen LogP contribution in [0.25, 0.3) is 0 Å². The molecule has 0 bridgehead atoms. The van der Waals surface area contributed by atoms with Crippen LogP contribution >= 0.6 is 27.3 Å². The molecule has 14 heavy (non-hydrogen) atoms. The van der Waals surface area contributed by atoms with Crippen LogP contribution in [0.1, 0.15) is 10.9 Å². The van der Waals surface area contributed by atoms with Gasteiger partial charge in [0.2, 0.25) is 0 Å². The molecule has 0 spiro atoms. The van der Waals surface area contributed by atoms with Gasteiger partial charge < -0.3 is 15.8 Å². The maximum atomic E-state index is 6.11. The van der Waals surface area contributed by atoms with E-state index in [4.69, 9.17) is 10.5 Å². The molecule has 5 heteroatoms. The highest BCUT2D eigenvalue weighted by atomic mass is 79.9. The maximum Gasteiger partial charge on any atom is 0.0900 e. The molecule has 1 aliphatic rings. The lowest BCUT2D eigenvalue weighted by Gasteiger charge is -2.27. The topological polar surface area (TPSA) is 47.3 Å². The van der Waals surface area contributed by atoms with Gasteiger partial charge in [-0.1, -0.05) is 0 Å². The van der Waals surface area contributed by atoms with Crippen molar-refractivity contribution in [3.63, 3.8) is 0 Å². The largest absolute Gasteiger partial charge is 0.374 e. The lowest BCUT2D eigenvalue weighted by molar-refractivity contribution is 0.0129. The Kier molecular flexibility index (Phi) is 3.57. The molecule has 0 saturated carbocycles. The Labute approximate surface area is 95.8 Å². The molecule has 2 unspecified atom stereocenters. The van der Waals surface area contributed by atoms with Gasteiger partial charge >= 0.3 is 0 Å². The average Bonchev–Trinajstić information content (AvgIpc) is 2.65. The van der Waals surface area contributed by atoms with Crippen LogP contribution in [-0.4, -0.2) is 25.8 Å². The third-order valence-electron chi connectivity index (χ3n) is 2.28. The zero-order valence-corrected chi connectivity index (χ0v) is 10.1. The van der Waals surface area contributed by atoms with E-state index in [2.05, 4.69) is 27.3 Å². The normalized spacial score (nSPS) is 24.9. The predicted octanol–water partition coefficient (Wildman–Crippen LogP) is 1.50. The van der Waals surface area contributed by atoms with Crippen molar-refractivity contribution in [1.82, 2.24) is 5.32 Å². The first-order valence-electron chi connectivity index (χ1n) is 4.60. The van der Waals surface area contributed by atoms with Crippen LogP contribution in [-0.2, 0) is 4.74 Å². The van der Waals surface area contributed by atoms with Crippen molar-refractivity contribution in [2.24, 2.45) is 5.73 Å². The lowest BCUT2D eigenvalue weighted by atomic mass is 10.1. The minimum Gasteiger partial charge on any atom is -0.374 e. The van der Waals surface area contributed by atoms with Crippen LogP contribution in [0.2, 0.25) is 0 Å². The summed E-state index contributed by atoms with van der Waals surface area (Å²) in [5.74, 6) is 0. The fourth-order valence-electron chi connectivity index (χ4n) is 1.51. The van der Waals surface area contributed by atoms with Crippen LogP contribution in [0.15, 0.2) is 15.9 Å². The van der Waals surface area contributed by atoms with Gasteiger partial charge in [0.1, 0.15) is 0 Å². The smallest absolute Gasteiger partial charge is 0.0900 e. The first-order valence-corrected chi connectivity index (χ1v) is 6.21. The Morgan fingerprint density at radius 2 is 2.50 bits per heavy atom. The van der Waals surface area contributed by atoms with Gasteiger partial charge in [0, 0.05) is 18.0 Å². The third kappa shape index (κ3) is 2.35. The summed E-state index contributed by atoms with van der Waals surface area (Å²) in [6.45, 7) is 2.53. The fourth-order valence-corrected chi connectivity index (χ4v) is 2.99. The summed E-state index contributed by atoms with van der Waals surface area (Å²) < 4.78 is 6.72. The molecular weight excluding hydrogens is 264 g/mol. The second-order valence-electron chi connectivity index (χ2n) is 3.28. The van der Waals surface area contributed by atoms with Crippen LogP contribution in [0.5, 0.6) is 0 Å². The van der Waals surface area contributed by atoms with E-state index in [1.807, 2.05) is 6.07 Å². The minimum absolute atomic E-state index is 0.0147. The Balaban J connectivity index is 2.03. The second-order valence-corrected chi connectivity index (χ2v) is 5.78. The molecule has 0 radical (unpaired) electrons. The van der Waals surface area contributed by atoms with Crippen molar-refractivity contribution >= 4 is 27.3 Å². The molecule has 1 fully saturated rings. The number of morpholine rings is 1. The maximum absolute atomic E-state index is 6.11. The molecule has 1 aromatic rings. The average molecular weight is 277 g/mol. The van der Waals surface area contributed by atoms with Crippen LogP contribution < -0.4 is 11.1 Å². The van der Waals surface area contributed by atoms with Crippen LogP contribution in [0.4, 0.5) is 0 Å². The van der Waals surface area contributed by atoms with Crippen molar-refractivity contribution in [1.29, 1.82) is 0 Å². The molecule has 0 aromatic carbocycles. The van der Waals surface area contributed by atoms with Gasteiger partial charge in [-0.2, -0.15) is 0 Å². The molecule has 0 amide bonds. The van der Waals surface area contributed by atoms with Gasteiger partial charge in [-0.15, -0.1) is 11.3 Å². The molecule has 1 aromatic heterocycles. The Hall–Kier alpha value is 0.0600. The zero-order chi connectivity index (χ0) is 9.97. The lowest BCUT2D eigenvalue weighted by Crippen LogP contribution is -2.44. The van der Waals surface area contributed by atoms with Crippen LogP contribution in [0.3, 0.4) is 0 Å². The molecule has 1 aliphatic heterocycles. The Bertz CT molecular complexity index is 299. The molecule has 78 valence electrons. The summed E-state index contributed by atoms with van der Waals surface area (Å²) in [4.78, 5) is 1.17. The van der Waals surface area contributed by atoms with Gasteiger partial charge in [-0.05, 0) is 28.1 Å². The van der Waals surface area contributed by atoms with Gasteiger partial charge in [-0.25, -0.2) is 0 Å². The van der Waals surface area contributed by atoms with Gasteiger partial charge in [0.25, 0.3) is 0 Å². The van der Waals surface area contributed by atoms with E-state index >= 15 is 0 Å². The van der Waals surface area contributed by atoms with E-state index in [1.165, 1.54) is 4.88 Å². The van der Waals surface area contributed by atoms with E-state index in [0.29, 0.717) is 0 Å². The highest BCUT2D eigenvalue weighted by Gasteiger charge is 2.23. The molecular formula is C9H13BrN2OS. The molecule has 2 rings (SSSR count). The number of nitrogens with two attached hydrogens (primary N) is 1. The first-order chi connectivity index (χ1) is 6.77. The molecule has 3 N–H and O–H groups in total. The fraction of sp³-hybridized carbons (Fsp3) is 0.556.